The largest absolute Gasteiger partial charge is 0.445 e. The van der Waals surface area contributed by atoms with Crippen LogP contribution < -0.4 is 10.2 Å². The Kier molecular flexibility index (Phi) is 6.02. The van der Waals surface area contributed by atoms with Crippen LogP contribution in [0.2, 0.25) is 0 Å². The number of nitrogens with one attached hydrogen (secondary N) is 1. The molecular weight excluding hydrogens is 399 g/mol. The van der Waals surface area contributed by atoms with Crippen LogP contribution in [-0.4, -0.2) is 63.1 Å². The first-order valence-electron chi connectivity index (χ1n) is 8.33. The van der Waals surface area contributed by atoms with Crippen LogP contribution in [0.5, 0.6) is 0 Å². The summed E-state index contributed by atoms with van der Waals surface area (Å²) in [5.41, 5.74) is 0. The second-order valence-electron chi connectivity index (χ2n) is 5.87. The molecule has 1 aliphatic heterocycles. The van der Waals surface area contributed by atoms with Crippen LogP contribution in [0.1, 0.15) is 17.8 Å². The quantitative estimate of drug-likeness (QED) is 0.787. The molecule has 0 aliphatic carbocycles. The number of aromatic nitrogens is 4. The van der Waals surface area contributed by atoms with Crippen molar-refractivity contribution in [1.82, 2.24) is 25.1 Å². The Morgan fingerprint density at radius 1 is 1.07 bits per heavy atom. The molecule has 2 amide bonds. The highest BCUT2D eigenvalue weighted by atomic mass is 32.1. The Morgan fingerprint density at radius 3 is 2.36 bits per heavy atom. The van der Waals surface area contributed by atoms with Crippen LogP contribution in [0.3, 0.4) is 0 Å². The minimum atomic E-state index is -4.61. The van der Waals surface area contributed by atoms with Gasteiger partial charge >= 0.3 is 6.18 Å². The third-order valence-electron chi connectivity index (χ3n) is 3.95. The molecule has 150 valence electrons. The normalized spacial score (nSPS) is 14.8. The topological polar surface area (TPSA) is 104 Å². The van der Waals surface area contributed by atoms with Gasteiger partial charge in [0.2, 0.25) is 27.9 Å². The molecule has 0 spiro atoms. The highest BCUT2D eigenvalue weighted by Crippen LogP contribution is 2.33. The molecule has 28 heavy (non-hydrogen) atoms. The van der Waals surface area contributed by atoms with Gasteiger partial charge in [0.25, 0.3) is 0 Å². The minimum absolute atomic E-state index is 0.0431. The van der Waals surface area contributed by atoms with Crippen LogP contribution in [0.15, 0.2) is 18.5 Å². The number of halogens is 3. The van der Waals surface area contributed by atoms with Crippen molar-refractivity contribution in [2.24, 2.45) is 0 Å². The van der Waals surface area contributed by atoms with E-state index in [-0.39, 0.29) is 35.2 Å². The molecule has 1 saturated heterocycles. The second-order valence-corrected chi connectivity index (χ2v) is 6.85. The summed E-state index contributed by atoms with van der Waals surface area (Å²) in [7, 11) is 0. The molecule has 0 radical (unpaired) electrons. The van der Waals surface area contributed by atoms with Crippen LogP contribution >= 0.6 is 11.3 Å². The fourth-order valence-corrected chi connectivity index (χ4v) is 3.19. The summed E-state index contributed by atoms with van der Waals surface area (Å²) in [6.07, 6.45) is -1.51. The Balaban J connectivity index is 1.42. The number of rotatable bonds is 5. The molecule has 0 saturated carbocycles. The first-order chi connectivity index (χ1) is 13.3. The number of anilines is 2. The van der Waals surface area contributed by atoms with E-state index in [1.165, 1.54) is 0 Å². The molecule has 0 unspecified atom stereocenters. The second kappa shape index (κ2) is 8.46. The molecule has 3 rings (SSSR count). The highest BCUT2D eigenvalue weighted by molar-refractivity contribution is 7.15. The van der Waals surface area contributed by atoms with Crippen LogP contribution in [0.25, 0.3) is 0 Å². The number of piperazine rings is 1. The SMILES string of the molecule is O=C(CCC(=O)N1CCN(c2ncccn2)CC1)Nc1nnc(C(F)(F)F)s1. The number of carbonyl (C=O) groups is 2. The van der Waals surface area contributed by atoms with Crippen LogP contribution in [-0.2, 0) is 15.8 Å². The molecular formula is C15H16F3N7O2S. The summed E-state index contributed by atoms with van der Waals surface area (Å²) in [4.78, 5) is 36.0. The average molecular weight is 415 g/mol. The van der Waals surface area contributed by atoms with Gasteiger partial charge in [0.05, 0.1) is 0 Å². The Bertz CT molecular complexity index is 823. The van der Waals surface area contributed by atoms with E-state index >= 15 is 0 Å². The van der Waals surface area contributed by atoms with Crippen molar-refractivity contribution in [2.75, 3.05) is 36.4 Å². The molecule has 9 nitrogen and oxygen atoms in total. The Labute approximate surface area is 161 Å². The number of hydrogen-bond donors (Lipinski definition) is 1. The summed E-state index contributed by atoms with van der Waals surface area (Å²) in [5.74, 6) is -0.184. The average Bonchev–Trinajstić information content (AvgIpc) is 3.16. The third kappa shape index (κ3) is 5.12. The predicted octanol–water partition coefficient (Wildman–Crippen LogP) is 1.41. The maximum atomic E-state index is 12.5. The van der Waals surface area contributed by atoms with Gasteiger partial charge in [-0.2, -0.15) is 13.2 Å². The summed E-state index contributed by atoms with van der Waals surface area (Å²) >= 11 is 0.237. The molecule has 0 bridgehead atoms. The third-order valence-corrected chi connectivity index (χ3v) is 4.83. The van der Waals surface area contributed by atoms with Gasteiger partial charge in [-0.15, -0.1) is 10.2 Å². The molecule has 0 atom stereocenters. The zero-order valence-corrected chi connectivity index (χ0v) is 15.3. The first kappa shape index (κ1) is 19.9. The Hall–Kier alpha value is -2.83. The lowest BCUT2D eigenvalue weighted by Gasteiger charge is -2.34. The first-order valence-corrected chi connectivity index (χ1v) is 9.15. The standard InChI is InChI=1S/C15H16F3N7O2S/c16-15(17,18)12-22-23-14(28-12)21-10(26)2-3-11(27)24-6-8-25(9-7-24)13-19-4-1-5-20-13/h1,4-5H,2-3,6-9H2,(H,21,23,26). The van der Waals surface area contributed by atoms with Crippen molar-refractivity contribution in [3.63, 3.8) is 0 Å². The molecule has 1 fully saturated rings. The van der Waals surface area contributed by atoms with Crippen molar-refractivity contribution >= 4 is 34.2 Å². The van der Waals surface area contributed by atoms with Crippen LogP contribution in [0.4, 0.5) is 24.3 Å². The minimum Gasteiger partial charge on any atom is -0.339 e. The van der Waals surface area contributed by atoms with E-state index in [1.54, 1.807) is 23.4 Å². The maximum absolute atomic E-state index is 12.5. The van der Waals surface area contributed by atoms with Gasteiger partial charge in [0, 0.05) is 51.4 Å². The molecule has 0 aromatic carbocycles. The van der Waals surface area contributed by atoms with Crippen molar-refractivity contribution in [2.45, 2.75) is 19.0 Å². The summed E-state index contributed by atoms with van der Waals surface area (Å²) in [6, 6.07) is 1.72. The number of nitrogens with zero attached hydrogens (tertiary/aromatic N) is 6. The predicted molar refractivity (Wildman–Crippen MR) is 93.6 cm³/mol. The smallest absolute Gasteiger partial charge is 0.339 e. The van der Waals surface area contributed by atoms with Gasteiger partial charge in [-0.05, 0) is 6.07 Å². The van der Waals surface area contributed by atoms with Crippen molar-refractivity contribution in [3.8, 4) is 0 Å². The van der Waals surface area contributed by atoms with Gasteiger partial charge in [-0.25, -0.2) is 9.97 Å². The molecule has 13 heteroatoms. The zero-order valence-electron chi connectivity index (χ0n) is 14.5. The number of hydrogen-bond acceptors (Lipinski definition) is 8. The number of alkyl halides is 3. The molecule has 1 N–H and O–H groups in total. The zero-order chi connectivity index (χ0) is 20.1. The Morgan fingerprint density at radius 2 is 1.75 bits per heavy atom. The van der Waals surface area contributed by atoms with Gasteiger partial charge in [-0.1, -0.05) is 11.3 Å². The number of amides is 2. The van der Waals surface area contributed by atoms with Crippen molar-refractivity contribution in [3.05, 3.63) is 23.5 Å². The van der Waals surface area contributed by atoms with Gasteiger partial charge in [0.1, 0.15) is 0 Å². The maximum Gasteiger partial charge on any atom is 0.445 e. The monoisotopic (exact) mass is 415 g/mol. The van der Waals surface area contributed by atoms with E-state index in [0.717, 1.165) is 0 Å². The van der Waals surface area contributed by atoms with Crippen molar-refractivity contribution < 1.29 is 22.8 Å². The lowest BCUT2D eigenvalue weighted by atomic mass is 10.2. The lowest BCUT2D eigenvalue weighted by Crippen LogP contribution is -2.49. The molecule has 1 aliphatic rings. The van der Waals surface area contributed by atoms with E-state index in [1.807, 2.05) is 4.90 Å². The van der Waals surface area contributed by atoms with Gasteiger partial charge < -0.3 is 15.1 Å². The summed E-state index contributed by atoms with van der Waals surface area (Å²) in [5, 5.41) is 7.10. The van der Waals surface area contributed by atoms with Gasteiger partial charge in [0.15, 0.2) is 0 Å². The lowest BCUT2D eigenvalue weighted by molar-refractivity contribution is -0.138. The fraction of sp³-hybridized carbons (Fsp3) is 0.467. The van der Waals surface area contributed by atoms with Crippen LogP contribution in [0, 0.1) is 0 Å². The fourth-order valence-electron chi connectivity index (χ4n) is 2.56. The summed E-state index contributed by atoms with van der Waals surface area (Å²) in [6.45, 7) is 2.11. The van der Waals surface area contributed by atoms with E-state index in [4.69, 9.17) is 0 Å². The van der Waals surface area contributed by atoms with Gasteiger partial charge in [-0.3, -0.25) is 9.59 Å². The van der Waals surface area contributed by atoms with E-state index < -0.39 is 17.1 Å². The molecule has 2 aromatic heterocycles. The van der Waals surface area contributed by atoms with E-state index in [0.29, 0.717) is 32.1 Å². The summed E-state index contributed by atoms with van der Waals surface area (Å²) < 4.78 is 37.4. The van der Waals surface area contributed by atoms with Crippen molar-refractivity contribution in [1.29, 1.82) is 0 Å². The van der Waals surface area contributed by atoms with E-state index in [2.05, 4.69) is 25.5 Å². The molecule has 2 aromatic rings. The molecule has 3 heterocycles. The number of carbonyl (C=O) groups excluding carboxylic acids is 2. The van der Waals surface area contributed by atoms with E-state index in [9.17, 15) is 22.8 Å². The highest BCUT2D eigenvalue weighted by Gasteiger charge is 2.35.